The lowest BCUT2D eigenvalue weighted by Gasteiger charge is -2.16. The van der Waals surface area contributed by atoms with Gasteiger partial charge < -0.3 is 16.2 Å². The molecule has 1 rings (SSSR count). The predicted octanol–water partition coefficient (Wildman–Crippen LogP) is 1.03. The maximum absolute atomic E-state index is 8.70. The van der Waals surface area contributed by atoms with Crippen LogP contribution in [0.15, 0.2) is 28.7 Å². The highest BCUT2D eigenvalue weighted by Gasteiger charge is 2.07. The Morgan fingerprint density at radius 1 is 1.50 bits per heavy atom. The molecule has 4 N–H and O–H groups in total. The molecule has 0 fully saturated rings. The summed E-state index contributed by atoms with van der Waals surface area (Å²) >= 11 is 3.41. The summed E-state index contributed by atoms with van der Waals surface area (Å²) in [5, 5.41) is 11.9. The van der Waals surface area contributed by atoms with Crippen LogP contribution in [0.5, 0.6) is 0 Å². The number of nitrogens with two attached hydrogens (primary N) is 1. The van der Waals surface area contributed by atoms with E-state index in [9.17, 15) is 0 Å². The number of rotatable bonds is 5. The van der Waals surface area contributed by atoms with Gasteiger partial charge in [0.25, 0.3) is 0 Å². The van der Waals surface area contributed by atoms with Crippen molar-refractivity contribution in [1.29, 1.82) is 0 Å². The molecule has 0 radical (unpaired) electrons. The minimum Gasteiger partial charge on any atom is -0.395 e. The fourth-order valence-electron chi connectivity index (χ4n) is 1.30. The van der Waals surface area contributed by atoms with Gasteiger partial charge in [0.1, 0.15) is 0 Å². The van der Waals surface area contributed by atoms with Gasteiger partial charge in [-0.2, -0.15) is 0 Å². The van der Waals surface area contributed by atoms with Crippen LogP contribution in [-0.4, -0.2) is 24.8 Å². The number of aliphatic hydroxyl groups excluding tert-OH is 1. The summed E-state index contributed by atoms with van der Waals surface area (Å²) in [7, 11) is 0. The van der Waals surface area contributed by atoms with Crippen LogP contribution in [0.25, 0.3) is 0 Å². The van der Waals surface area contributed by atoms with E-state index >= 15 is 0 Å². The van der Waals surface area contributed by atoms with Crippen LogP contribution in [0.3, 0.4) is 0 Å². The third kappa shape index (κ3) is 3.38. The molecule has 0 aromatic heterocycles. The number of halogens is 1. The zero-order valence-electron chi connectivity index (χ0n) is 7.91. The Bertz CT molecular complexity index is 281. The van der Waals surface area contributed by atoms with Crippen molar-refractivity contribution in [1.82, 2.24) is 5.32 Å². The molecule has 0 spiro atoms. The number of nitrogens with one attached hydrogen (secondary N) is 1. The Balaban J connectivity index is 2.68. The summed E-state index contributed by atoms with van der Waals surface area (Å²) in [6.07, 6.45) is 0. The first-order valence-corrected chi connectivity index (χ1v) is 5.37. The second-order valence-electron chi connectivity index (χ2n) is 3.02. The van der Waals surface area contributed by atoms with Crippen molar-refractivity contribution in [3.05, 3.63) is 34.3 Å². The van der Waals surface area contributed by atoms with Gasteiger partial charge in [0.15, 0.2) is 0 Å². The van der Waals surface area contributed by atoms with Gasteiger partial charge in [-0.15, -0.1) is 0 Å². The fourth-order valence-corrected chi connectivity index (χ4v) is 1.72. The van der Waals surface area contributed by atoms with E-state index in [4.69, 9.17) is 10.8 Å². The van der Waals surface area contributed by atoms with Gasteiger partial charge in [0.05, 0.1) is 6.61 Å². The Morgan fingerprint density at radius 2 is 2.29 bits per heavy atom. The van der Waals surface area contributed by atoms with Gasteiger partial charge in [0.2, 0.25) is 0 Å². The second-order valence-corrected chi connectivity index (χ2v) is 3.94. The summed E-state index contributed by atoms with van der Waals surface area (Å²) in [4.78, 5) is 0. The lowest BCUT2D eigenvalue weighted by molar-refractivity contribution is 0.285. The Hall–Kier alpha value is -0.420. The molecule has 1 unspecified atom stereocenters. The molecule has 1 atom stereocenters. The number of hydrogen-bond acceptors (Lipinski definition) is 3. The highest BCUT2D eigenvalue weighted by Crippen LogP contribution is 2.17. The smallest absolute Gasteiger partial charge is 0.0556 e. The van der Waals surface area contributed by atoms with Crippen molar-refractivity contribution < 1.29 is 5.11 Å². The molecule has 0 aliphatic carbocycles. The van der Waals surface area contributed by atoms with E-state index in [1.54, 1.807) is 0 Å². The predicted molar refractivity (Wildman–Crippen MR) is 61.0 cm³/mol. The molecule has 3 nitrogen and oxygen atoms in total. The second kappa shape index (κ2) is 6.14. The molecular formula is C10H15BrN2O. The lowest BCUT2D eigenvalue weighted by Crippen LogP contribution is -2.30. The molecule has 0 saturated carbocycles. The monoisotopic (exact) mass is 258 g/mol. The summed E-state index contributed by atoms with van der Waals surface area (Å²) in [6, 6.07) is 8.11. The summed E-state index contributed by atoms with van der Waals surface area (Å²) in [6.45, 7) is 1.22. The van der Waals surface area contributed by atoms with E-state index in [0.29, 0.717) is 13.1 Å². The van der Waals surface area contributed by atoms with Gasteiger partial charge >= 0.3 is 0 Å². The molecule has 0 aliphatic heterocycles. The first-order valence-electron chi connectivity index (χ1n) is 4.57. The van der Waals surface area contributed by atoms with E-state index in [1.165, 1.54) is 0 Å². The van der Waals surface area contributed by atoms with Crippen molar-refractivity contribution in [3.8, 4) is 0 Å². The lowest BCUT2D eigenvalue weighted by atomic mass is 10.1. The Kier molecular flexibility index (Phi) is 5.11. The minimum absolute atomic E-state index is 0.111. The quantitative estimate of drug-likeness (QED) is 0.740. The highest BCUT2D eigenvalue weighted by atomic mass is 79.9. The first-order chi connectivity index (χ1) is 6.77. The summed E-state index contributed by atoms with van der Waals surface area (Å²) in [5.74, 6) is 0. The van der Waals surface area contributed by atoms with Gasteiger partial charge in [-0.25, -0.2) is 0 Å². The largest absolute Gasteiger partial charge is 0.395 e. The fraction of sp³-hybridized carbons (Fsp3) is 0.400. The summed E-state index contributed by atoms with van der Waals surface area (Å²) in [5.41, 5.74) is 6.77. The van der Waals surface area contributed by atoms with Crippen LogP contribution in [0.1, 0.15) is 11.6 Å². The highest BCUT2D eigenvalue weighted by molar-refractivity contribution is 9.10. The normalized spacial score (nSPS) is 12.8. The molecule has 0 heterocycles. The maximum atomic E-state index is 8.70. The van der Waals surface area contributed by atoms with Gasteiger partial charge in [-0.3, -0.25) is 0 Å². The van der Waals surface area contributed by atoms with Crippen molar-refractivity contribution in [2.75, 3.05) is 19.7 Å². The summed E-state index contributed by atoms with van der Waals surface area (Å²) < 4.78 is 1.04. The molecule has 0 saturated heterocycles. The molecule has 4 heteroatoms. The van der Waals surface area contributed by atoms with Crippen LogP contribution in [0.4, 0.5) is 0 Å². The standard InChI is InChI=1S/C10H15BrN2O/c11-9-3-1-2-8(6-9)10(7-12)13-4-5-14/h1-3,6,10,13-14H,4-5,7,12H2. The topological polar surface area (TPSA) is 58.3 Å². The average Bonchev–Trinajstić information content (AvgIpc) is 2.19. The van der Waals surface area contributed by atoms with E-state index in [2.05, 4.69) is 21.2 Å². The van der Waals surface area contributed by atoms with Crippen LogP contribution in [0.2, 0.25) is 0 Å². The average molecular weight is 259 g/mol. The molecule has 1 aromatic rings. The third-order valence-electron chi connectivity index (χ3n) is 1.99. The van der Waals surface area contributed by atoms with Crippen LogP contribution in [-0.2, 0) is 0 Å². The van der Waals surface area contributed by atoms with Crippen LogP contribution in [0, 0.1) is 0 Å². The van der Waals surface area contributed by atoms with Crippen LogP contribution >= 0.6 is 15.9 Å². The van der Waals surface area contributed by atoms with E-state index < -0.39 is 0 Å². The van der Waals surface area contributed by atoms with Gasteiger partial charge in [-0.05, 0) is 17.7 Å². The van der Waals surface area contributed by atoms with E-state index in [1.807, 2.05) is 24.3 Å². The zero-order valence-corrected chi connectivity index (χ0v) is 9.50. The number of benzene rings is 1. The third-order valence-corrected chi connectivity index (χ3v) is 2.48. The van der Waals surface area contributed by atoms with Crippen molar-refractivity contribution in [2.24, 2.45) is 5.73 Å². The molecular weight excluding hydrogens is 244 g/mol. The Labute approximate surface area is 92.4 Å². The first kappa shape index (κ1) is 11.7. The van der Waals surface area contributed by atoms with Crippen LogP contribution < -0.4 is 11.1 Å². The zero-order chi connectivity index (χ0) is 10.4. The minimum atomic E-state index is 0.111. The van der Waals surface area contributed by atoms with E-state index in [-0.39, 0.29) is 12.6 Å². The molecule has 78 valence electrons. The maximum Gasteiger partial charge on any atom is 0.0556 e. The molecule has 1 aromatic carbocycles. The van der Waals surface area contributed by atoms with Gasteiger partial charge in [-0.1, -0.05) is 28.1 Å². The number of aliphatic hydroxyl groups is 1. The SMILES string of the molecule is NCC(NCCO)c1cccc(Br)c1. The molecule has 0 bridgehead atoms. The molecule has 0 amide bonds. The molecule has 14 heavy (non-hydrogen) atoms. The van der Waals surface area contributed by atoms with Gasteiger partial charge in [0, 0.05) is 23.6 Å². The Morgan fingerprint density at radius 3 is 2.86 bits per heavy atom. The number of hydrogen-bond donors (Lipinski definition) is 3. The van der Waals surface area contributed by atoms with Crippen molar-refractivity contribution >= 4 is 15.9 Å². The van der Waals surface area contributed by atoms with Crippen molar-refractivity contribution in [3.63, 3.8) is 0 Å². The van der Waals surface area contributed by atoms with Crippen molar-refractivity contribution in [2.45, 2.75) is 6.04 Å². The van der Waals surface area contributed by atoms with E-state index in [0.717, 1.165) is 10.0 Å². The molecule has 0 aliphatic rings.